The van der Waals surface area contributed by atoms with Crippen molar-refractivity contribution < 1.29 is 14.4 Å². The van der Waals surface area contributed by atoms with Crippen LogP contribution in [0.5, 0.6) is 0 Å². The maximum Gasteiger partial charge on any atom is 0.260 e. The number of ketones is 1. The Labute approximate surface area is 128 Å². The molecule has 0 aromatic heterocycles. The normalized spacial score (nSPS) is 18.4. The summed E-state index contributed by atoms with van der Waals surface area (Å²) in [6.07, 6.45) is 0.0431. The number of hydrogen-bond donors (Lipinski definition) is 0. The molecule has 1 aliphatic heterocycles. The smallest absolute Gasteiger partial charge is 0.260 e. The Hall–Kier alpha value is -2.75. The van der Waals surface area contributed by atoms with Gasteiger partial charge in [-0.1, -0.05) is 48.5 Å². The van der Waals surface area contributed by atoms with Gasteiger partial charge in [0, 0.05) is 12.0 Å². The van der Waals surface area contributed by atoms with Crippen LogP contribution in [-0.4, -0.2) is 29.0 Å². The molecular formula is C18H15NO3. The largest absolute Gasteiger partial charge is 0.297 e. The predicted octanol–water partition coefficient (Wildman–Crippen LogP) is 2.41. The standard InChI is InChI=1S/C18H15NO3/c20-16-12-19(18(22)14-9-5-2-6-10-14)17(21)11-15(16)13-7-3-1-4-8-13/h1-10,15H,11-12H2/t15-/m1/s1. The first-order valence-corrected chi connectivity index (χ1v) is 7.14. The highest BCUT2D eigenvalue weighted by Crippen LogP contribution is 2.26. The summed E-state index contributed by atoms with van der Waals surface area (Å²) in [5.41, 5.74) is 1.24. The molecule has 1 saturated heterocycles. The number of likely N-dealkylation sites (tertiary alicyclic amines) is 1. The Kier molecular flexibility index (Phi) is 3.83. The van der Waals surface area contributed by atoms with Crippen molar-refractivity contribution in [1.29, 1.82) is 0 Å². The van der Waals surface area contributed by atoms with Gasteiger partial charge in [-0.3, -0.25) is 19.3 Å². The summed E-state index contributed by atoms with van der Waals surface area (Å²) in [5.74, 6) is -1.27. The van der Waals surface area contributed by atoms with Crippen LogP contribution in [-0.2, 0) is 9.59 Å². The zero-order chi connectivity index (χ0) is 15.5. The van der Waals surface area contributed by atoms with Crippen molar-refractivity contribution in [2.75, 3.05) is 6.54 Å². The Morgan fingerprint density at radius 2 is 1.50 bits per heavy atom. The van der Waals surface area contributed by atoms with Gasteiger partial charge in [-0.25, -0.2) is 0 Å². The molecule has 4 nitrogen and oxygen atoms in total. The van der Waals surface area contributed by atoms with E-state index in [2.05, 4.69) is 0 Å². The summed E-state index contributed by atoms with van der Waals surface area (Å²) in [5, 5.41) is 0. The molecule has 2 amide bonds. The number of hydrogen-bond acceptors (Lipinski definition) is 3. The van der Waals surface area contributed by atoms with Crippen LogP contribution < -0.4 is 0 Å². The number of carbonyl (C=O) groups excluding carboxylic acids is 3. The minimum absolute atomic E-state index is 0.0431. The molecule has 2 aromatic rings. The van der Waals surface area contributed by atoms with Gasteiger partial charge in [-0.15, -0.1) is 0 Å². The lowest BCUT2D eigenvalue weighted by molar-refractivity contribution is -0.139. The summed E-state index contributed by atoms with van der Waals surface area (Å²) >= 11 is 0. The van der Waals surface area contributed by atoms with Gasteiger partial charge >= 0.3 is 0 Å². The van der Waals surface area contributed by atoms with E-state index in [9.17, 15) is 14.4 Å². The van der Waals surface area contributed by atoms with Crippen molar-refractivity contribution >= 4 is 17.6 Å². The summed E-state index contributed by atoms with van der Waals surface area (Å²) in [6.45, 7) is -0.161. The summed E-state index contributed by atoms with van der Waals surface area (Å²) < 4.78 is 0. The molecule has 0 radical (unpaired) electrons. The second-order valence-electron chi connectivity index (χ2n) is 5.28. The molecule has 22 heavy (non-hydrogen) atoms. The van der Waals surface area contributed by atoms with E-state index in [0.717, 1.165) is 10.5 Å². The van der Waals surface area contributed by atoms with Crippen molar-refractivity contribution in [1.82, 2.24) is 4.90 Å². The van der Waals surface area contributed by atoms with Crippen LogP contribution in [0.3, 0.4) is 0 Å². The average molecular weight is 293 g/mol. The summed E-state index contributed by atoms with van der Waals surface area (Å²) in [7, 11) is 0. The maximum atomic E-state index is 12.4. The first-order chi connectivity index (χ1) is 10.7. The van der Waals surface area contributed by atoms with E-state index in [1.807, 2.05) is 30.3 Å². The fourth-order valence-corrected chi connectivity index (χ4v) is 2.66. The van der Waals surface area contributed by atoms with Gasteiger partial charge in [0.1, 0.15) is 0 Å². The lowest BCUT2D eigenvalue weighted by atomic mass is 9.87. The fourth-order valence-electron chi connectivity index (χ4n) is 2.66. The van der Waals surface area contributed by atoms with Crippen LogP contribution in [0.1, 0.15) is 28.3 Å². The molecule has 1 atom stereocenters. The Balaban J connectivity index is 1.80. The Morgan fingerprint density at radius 3 is 2.14 bits per heavy atom. The van der Waals surface area contributed by atoms with Gasteiger partial charge in [0.25, 0.3) is 5.91 Å². The molecule has 1 heterocycles. The zero-order valence-electron chi connectivity index (χ0n) is 11.9. The third-order valence-corrected chi connectivity index (χ3v) is 3.85. The molecule has 1 aliphatic rings. The van der Waals surface area contributed by atoms with E-state index in [0.29, 0.717) is 5.56 Å². The monoisotopic (exact) mass is 293 g/mol. The molecule has 1 fully saturated rings. The predicted molar refractivity (Wildman–Crippen MR) is 81.3 cm³/mol. The van der Waals surface area contributed by atoms with E-state index >= 15 is 0 Å². The molecule has 0 N–H and O–H groups in total. The maximum absolute atomic E-state index is 12.4. The van der Waals surface area contributed by atoms with Gasteiger partial charge < -0.3 is 0 Å². The van der Waals surface area contributed by atoms with E-state index in [1.54, 1.807) is 30.3 Å². The molecule has 0 unspecified atom stereocenters. The number of amides is 2. The highest BCUT2D eigenvalue weighted by molar-refractivity contribution is 6.10. The zero-order valence-corrected chi connectivity index (χ0v) is 11.9. The molecule has 0 saturated carbocycles. The fraction of sp³-hybridized carbons (Fsp3) is 0.167. The molecule has 3 rings (SSSR count). The SMILES string of the molecule is O=C1CN(C(=O)c2ccccc2)C(=O)C[C@@H]1c1ccccc1. The van der Waals surface area contributed by atoms with Crippen molar-refractivity contribution in [3.63, 3.8) is 0 Å². The molecule has 0 spiro atoms. The number of rotatable bonds is 2. The molecule has 2 aromatic carbocycles. The second kappa shape index (κ2) is 5.93. The average Bonchev–Trinajstić information content (AvgIpc) is 2.57. The van der Waals surface area contributed by atoms with Crippen molar-refractivity contribution in [3.05, 3.63) is 71.8 Å². The van der Waals surface area contributed by atoms with Crippen molar-refractivity contribution in [2.24, 2.45) is 0 Å². The number of Topliss-reactive ketones (excluding diaryl/α,β-unsaturated/α-hetero) is 1. The van der Waals surface area contributed by atoms with Gasteiger partial charge in [-0.2, -0.15) is 0 Å². The minimum atomic E-state index is -0.450. The molecule has 4 heteroatoms. The lowest BCUT2D eigenvalue weighted by Gasteiger charge is -2.29. The quantitative estimate of drug-likeness (QED) is 0.799. The molecule has 110 valence electrons. The third-order valence-electron chi connectivity index (χ3n) is 3.85. The number of nitrogens with zero attached hydrogens (tertiary/aromatic N) is 1. The Bertz CT molecular complexity index is 710. The first-order valence-electron chi connectivity index (χ1n) is 7.14. The topological polar surface area (TPSA) is 54.5 Å². The second-order valence-corrected chi connectivity index (χ2v) is 5.28. The molecule has 0 bridgehead atoms. The minimum Gasteiger partial charge on any atom is -0.297 e. The Morgan fingerprint density at radius 1 is 0.909 bits per heavy atom. The van der Waals surface area contributed by atoms with Gasteiger partial charge in [0.15, 0.2) is 5.78 Å². The van der Waals surface area contributed by atoms with Gasteiger partial charge in [0.05, 0.1) is 12.5 Å². The number of carbonyl (C=O) groups is 3. The van der Waals surface area contributed by atoms with Crippen LogP contribution in [0, 0.1) is 0 Å². The summed E-state index contributed by atoms with van der Waals surface area (Å²) in [6, 6.07) is 17.8. The van der Waals surface area contributed by atoms with Crippen molar-refractivity contribution in [3.8, 4) is 0 Å². The van der Waals surface area contributed by atoms with Gasteiger partial charge in [0.2, 0.25) is 5.91 Å². The van der Waals surface area contributed by atoms with Crippen molar-refractivity contribution in [2.45, 2.75) is 12.3 Å². The van der Waals surface area contributed by atoms with Crippen LogP contribution in [0.4, 0.5) is 0 Å². The number of benzene rings is 2. The van der Waals surface area contributed by atoms with E-state index < -0.39 is 11.8 Å². The van der Waals surface area contributed by atoms with Crippen LogP contribution in [0.25, 0.3) is 0 Å². The van der Waals surface area contributed by atoms with Crippen LogP contribution in [0.2, 0.25) is 0 Å². The van der Waals surface area contributed by atoms with Crippen LogP contribution in [0.15, 0.2) is 60.7 Å². The lowest BCUT2D eigenvalue weighted by Crippen LogP contribution is -2.47. The molecular weight excluding hydrogens is 278 g/mol. The summed E-state index contributed by atoms with van der Waals surface area (Å²) in [4.78, 5) is 38.0. The van der Waals surface area contributed by atoms with Crippen LogP contribution >= 0.6 is 0 Å². The first kappa shape index (κ1) is 14.2. The number of imide groups is 1. The number of piperidine rings is 1. The highest BCUT2D eigenvalue weighted by atomic mass is 16.2. The third kappa shape index (κ3) is 2.68. The highest BCUT2D eigenvalue weighted by Gasteiger charge is 2.36. The van der Waals surface area contributed by atoms with E-state index in [4.69, 9.17) is 0 Å². The van der Waals surface area contributed by atoms with Gasteiger partial charge in [-0.05, 0) is 17.7 Å². The molecule has 0 aliphatic carbocycles. The van der Waals surface area contributed by atoms with E-state index in [1.165, 1.54) is 0 Å². The van der Waals surface area contributed by atoms with E-state index in [-0.39, 0.29) is 24.7 Å².